The highest BCUT2D eigenvalue weighted by Crippen LogP contribution is 2.24. The quantitative estimate of drug-likeness (QED) is 0.478. The van der Waals surface area contributed by atoms with E-state index in [2.05, 4.69) is 14.9 Å². The molecule has 2 N–H and O–H groups in total. The van der Waals surface area contributed by atoms with E-state index in [-0.39, 0.29) is 22.5 Å². The number of piperidine rings is 1. The number of likely N-dealkylation sites (tertiary alicyclic amines) is 1. The van der Waals surface area contributed by atoms with Crippen LogP contribution in [0.25, 0.3) is 0 Å². The van der Waals surface area contributed by atoms with Gasteiger partial charge in [-0.15, -0.1) is 0 Å². The smallest absolute Gasteiger partial charge is 0.261 e. The fourth-order valence-corrected chi connectivity index (χ4v) is 5.35. The van der Waals surface area contributed by atoms with Crippen molar-refractivity contribution < 1.29 is 17.6 Å². The number of hydrogen-bond donors (Lipinski definition) is 2. The van der Waals surface area contributed by atoms with Gasteiger partial charge in [0.15, 0.2) is 0 Å². The number of benzene rings is 3. The van der Waals surface area contributed by atoms with Crippen LogP contribution in [0.3, 0.4) is 0 Å². The molecule has 0 unspecified atom stereocenters. The molecule has 184 valence electrons. The zero-order valence-corrected chi connectivity index (χ0v) is 20.7. The Kier molecular flexibility index (Phi) is 7.52. The third kappa shape index (κ3) is 6.26. The number of halogens is 1. The molecular formula is C27H30FN3O3S. The molecule has 3 aromatic rings. The first-order chi connectivity index (χ1) is 16.7. The lowest BCUT2D eigenvalue weighted by molar-refractivity contribution is -0.121. The van der Waals surface area contributed by atoms with Crippen LogP contribution in [0.5, 0.6) is 0 Å². The molecule has 0 spiro atoms. The first kappa shape index (κ1) is 24.9. The number of amides is 1. The van der Waals surface area contributed by atoms with Crippen molar-refractivity contribution in [3.8, 4) is 0 Å². The second-order valence-electron chi connectivity index (χ2n) is 9.08. The van der Waals surface area contributed by atoms with Gasteiger partial charge in [-0.3, -0.25) is 14.4 Å². The van der Waals surface area contributed by atoms with E-state index in [9.17, 15) is 17.6 Å². The monoisotopic (exact) mass is 495 g/mol. The molecule has 8 heteroatoms. The molecule has 1 amide bonds. The Hall–Kier alpha value is -3.23. The lowest BCUT2D eigenvalue weighted by Gasteiger charge is -2.31. The largest absolute Gasteiger partial charge is 0.326 e. The fraction of sp³-hybridized carbons (Fsp3) is 0.296. The van der Waals surface area contributed by atoms with Crippen molar-refractivity contribution in [1.29, 1.82) is 0 Å². The van der Waals surface area contributed by atoms with Gasteiger partial charge >= 0.3 is 0 Å². The van der Waals surface area contributed by atoms with Crippen LogP contribution in [0.4, 0.5) is 15.8 Å². The standard InChI is InChI=1S/C27H30FN3O3S/c1-19-7-8-20(2)26(17-19)30-35(33,34)24-11-9-23(10-12-24)29-27(32)21-13-15-31(16-14-21)18-22-5-3-4-6-25(22)28/h3-12,17,21,30H,13-16,18H2,1-2H3,(H,29,32). The molecule has 1 saturated heterocycles. The molecule has 0 atom stereocenters. The molecule has 0 radical (unpaired) electrons. The van der Waals surface area contributed by atoms with Crippen molar-refractivity contribution in [3.05, 3.63) is 89.2 Å². The van der Waals surface area contributed by atoms with E-state index in [0.717, 1.165) is 11.1 Å². The van der Waals surface area contributed by atoms with Crippen molar-refractivity contribution in [2.45, 2.75) is 38.1 Å². The van der Waals surface area contributed by atoms with Crippen LogP contribution in [0.2, 0.25) is 0 Å². The van der Waals surface area contributed by atoms with E-state index in [4.69, 9.17) is 0 Å². The normalized spacial score (nSPS) is 15.1. The summed E-state index contributed by atoms with van der Waals surface area (Å²) in [5.41, 5.74) is 3.56. The average Bonchev–Trinajstić information content (AvgIpc) is 2.83. The summed E-state index contributed by atoms with van der Waals surface area (Å²) in [6.45, 7) is 5.72. The van der Waals surface area contributed by atoms with Gasteiger partial charge in [0.25, 0.3) is 10.0 Å². The molecule has 1 fully saturated rings. The number of carbonyl (C=O) groups is 1. The van der Waals surface area contributed by atoms with Gasteiger partial charge in [-0.25, -0.2) is 12.8 Å². The van der Waals surface area contributed by atoms with Crippen LogP contribution >= 0.6 is 0 Å². The van der Waals surface area contributed by atoms with Gasteiger partial charge in [0.1, 0.15) is 5.82 Å². The van der Waals surface area contributed by atoms with Gasteiger partial charge < -0.3 is 5.32 Å². The SMILES string of the molecule is Cc1ccc(C)c(NS(=O)(=O)c2ccc(NC(=O)C3CCN(Cc4ccccc4F)CC3)cc2)c1. The molecule has 1 aliphatic rings. The summed E-state index contributed by atoms with van der Waals surface area (Å²) in [7, 11) is -3.75. The van der Waals surface area contributed by atoms with Gasteiger partial charge in [0.2, 0.25) is 5.91 Å². The Morgan fingerprint density at radius 3 is 2.37 bits per heavy atom. The summed E-state index contributed by atoms with van der Waals surface area (Å²) in [4.78, 5) is 15.0. The van der Waals surface area contributed by atoms with E-state index in [0.29, 0.717) is 49.4 Å². The summed E-state index contributed by atoms with van der Waals surface area (Å²) in [5, 5.41) is 2.90. The molecule has 0 saturated carbocycles. The van der Waals surface area contributed by atoms with Crippen LogP contribution in [0.15, 0.2) is 71.6 Å². The van der Waals surface area contributed by atoms with Gasteiger partial charge in [-0.05, 0) is 87.3 Å². The summed E-state index contributed by atoms with van der Waals surface area (Å²) >= 11 is 0. The number of aryl methyl sites for hydroxylation is 2. The van der Waals surface area contributed by atoms with Crippen LogP contribution in [-0.2, 0) is 21.4 Å². The fourth-order valence-electron chi connectivity index (χ4n) is 4.23. The summed E-state index contributed by atoms with van der Waals surface area (Å²) < 4.78 is 42.1. The average molecular weight is 496 g/mol. The molecule has 0 bridgehead atoms. The molecule has 3 aromatic carbocycles. The highest BCUT2D eigenvalue weighted by Gasteiger charge is 2.25. The van der Waals surface area contributed by atoms with E-state index < -0.39 is 10.0 Å². The molecule has 1 aliphatic heterocycles. The van der Waals surface area contributed by atoms with Gasteiger partial charge in [0.05, 0.1) is 10.6 Å². The number of nitrogens with one attached hydrogen (secondary N) is 2. The number of nitrogens with zero attached hydrogens (tertiary/aromatic N) is 1. The van der Waals surface area contributed by atoms with Gasteiger partial charge in [-0.2, -0.15) is 0 Å². The van der Waals surface area contributed by atoms with Gasteiger partial charge in [-0.1, -0.05) is 30.3 Å². The van der Waals surface area contributed by atoms with Gasteiger partial charge in [0, 0.05) is 23.7 Å². The zero-order valence-electron chi connectivity index (χ0n) is 19.9. The van der Waals surface area contributed by atoms with Crippen molar-refractivity contribution >= 4 is 27.3 Å². The number of anilines is 2. The van der Waals surface area contributed by atoms with Crippen molar-refractivity contribution in [2.24, 2.45) is 5.92 Å². The van der Waals surface area contributed by atoms with Crippen LogP contribution in [0, 0.1) is 25.6 Å². The maximum Gasteiger partial charge on any atom is 0.261 e. The molecule has 0 aromatic heterocycles. The number of carbonyl (C=O) groups excluding carboxylic acids is 1. The highest BCUT2D eigenvalue weighted by molar-refractivity contribution is 7.92. The van der Waals surface area contributed by atoms with Crippen LogP contribution < -0.4 is 10.0 Å². The third-order valence-corrected chi connectivity index (χ3v) is 7.76. The first-order valence-electron chi connectivity index (χ1n) is 11.7. The molecule has 6 nitrogen and oxygen atoms in total. The molecule has 0 aliphatic carbocycles. The lowest BCUT2D eigenvalue weighted by Crippen LogP contribution is -2.37. The summed E-state index contributed by atoms with van der Waals surface area (Å²) in [6, 6.07) is 18.5. The Bertz CT molecular complexity index is 1300. The van der Waals surface area contributed by atoms with Crippen molar-refractivity contribution in [1.82, 2.24) is 4.90 Å². The Balaban J connectivity index is 1.32. The second kappa shape index (κ2) is 10.6. The number of rotatable bonds is 7. The van der Waals surface area contributed by atoms with Crippen LogP contribution in [-0.4, -0.2) is 32.3 Å². The van der Waals surface area contributed by atoms with E-state index in [1.54, 1.807) is 30.3 Å². The summed E-state index contributed by atoms with van der Waals surface area (Å²) in [6.07, 6.45) is 1.37. The maximum absolute atomic E-state index is 13.9. The minimum absolute atomic E-state index is 0.0836. The van der Waals surface area contributed by atoms with E-state index >= 15 is 0 Å². The molecule has 35 heavy (non-hydrogen) atoms. The Morgan fingerprint density at radius 2 is 1.69 bits per heavy atom. The topological polar surface area (TPSA) is 78.5 Å². The predicted octanol–water partition coefficient (Wildman–Crippen LogP) is 5.09. The first-order valence-corrected chi connectivity index (χ1v) is 13.2. The Morgan fingerprint density at radius 1 is 1.00 bits per heavy atom. The minimum atomic E-state index is -3.75. The lowest BCUT2D eigenvalue weighted by atomic mass is 9.95. The maximum atomic E-state index is 13.9. The number of sulfonamides is 1. The molecule has 1 heterocycles. The minimum Gasteiger partial charge on any atom is -0.326 e. The van der Waals surface area contributed by atoms with Crippen molar-refractivity contribution in [3.63, 3.8) is 0 Å². The Labute approximate surface area is 206 Å². The zero-order chi connectivity index (χ0) is 25.0. The number of hydrogen-bond acceptors (Lipinski definition) is 4. The molecule has 4 rings (SSSR count). The van der Waals surface area contributed by atoms with E-state index in [1.807, 2.05) is 32.0 Å². The predicted molar refractivity (Wildman–Crippen MR) is 136 cm³/mol. The van der Waals surface area contributed by atoms with E-state index in [1.165, 1.54) is 18.2 Å². The summed E-state index contributed by atoms with van der Waals surface area (Å²) in [5.74, 6) is -0.428. The second-order valence-corrected chi connectivity index (χ2v) is 10.8. The third-order valence-electron chi connectivity index (χ3n) is 6.38. The molecular weight excluding hydrogens is 465 g/mol. The highest BCUT2D eigenvalue weighted by atomic mass is 32.2. The van der Waals surface area contributed by atoms with Crippen molar-refractivity contribution in [2.75, 3.05) is 23.1 Å². The van der Waals surface area contributed by atoms with Crippen LogP contribution in [0.1, 0.15) is 29.5 Å².